The minimum atomic E-state index is -0.615. The van der Waals surface area contributed by atoms with E-state index in [2.05, 4.69) is 11.9 Å². The van der Waals surface area contributed by atoms with Gasteiger partial charge in [-0.15, -0.1) is 0 Å². The molecule has 3 rings (SSSR count). The average molecular weight is 369 g/mol. The van der Waals surface area contributed by atoms with Gasteiger partial charge in [0.2, 0.25) is 11.8 Å². The van der Waals surface area contributed by atoms with Crippen molar-refractivity contribution in [3.63, 3.8) is 0 Å². The van der Waals surface area contributed by atoms with Crippen LogP contribution in [0.2, 0.25) is 0 Å². The summed E-state index contributed by atoms with van der Waals surface area (Å²) >= 11 is 0. The molecule has 0 saturated carbocycles. The number of carbonyl (C=O) groups excluding carboxylic acids is 2. The van der Waals surface area contributed by atoms with Gasteiger partial charge in [0.15, 0.2) is 0 Å². The molecule has 0 radical (unpaired) electrons. The van der Waals surface area contributed by atoms with Crippen molar-refractivity contribution in [1.82, 2.24) is 9.47 Å². The number of likely N-dealkylation sites (tertiary alicyclic amines) is 1. The van der Waals surface area contributed by atoms with Crippen LogP contribution in [-0.2, 0) is 9.59 Å². The highest BCUT2D eigenvalue weighted by Crippen LogP contribution is 2.22. The number of benzene rings is 1. The van der Waals surface area contributed by atoms with E-state index in [-0.39, 0.29) is 29.0 Å². The van der Waals surface area contributed by atoms with E-state index in [9.17, 15) is 18.8 Å². The van der Waals surface area contributed by atoms with Crippen LogP contribution in [0, 0.1) is 11.7 Å². The number of piperidine rings is 1. The molecule has 1 aliphatic rings. The van der Waals surface area contributed by atoms with Crippen LogP contribution in [0.5, 0.6) is 0 Å². The Kier molecular flexibility index (Phi) is 5.49. The number of hydrogen-bond donors (Lipinski definition) is 1. The number of carbonyl (C=O) groups is 2. The SMILES string of the molecule is C=CC(=O)N1CCC(C(=O)Nc2ccc(-n3ccccc3=O)cc2F)CC1. The number of anilines is 1. The van der Waals surface area contributed by atoms with Crippen LogP contribution in [0.1, 0.15) is 12.8 Å². The molecular formula is C20H20FN3O3. The topological polar surface area (TPSA) is 71.4 Å². The molecule has 1 saturated heterocycles. The first kappa shape index (κ1) is 18.6. The minimum absolute atomic E-state index is 0.0670. The van der Waals surface area contributed by atoms with Crippen LogP contribution < -0.4 is 10.9 Å². The minimum Gasteiger partial charge on any atom is -0.339 e. The van der Waals surface area contributed by atoms with Gasteiger partial charge in [0.25, 0.3) is 5.56 Å². The Morgan fingerprint density at radius 3 is 2.56 bits per heavy atom. The second-order valence-corrected chi connectivity index (χ2v) is 6.37. The number of rotatable bonds is 4. The van der Waals surface area contributed by atoms with Gasteiger partial charge in [-0.25, -0.2) is 4.39 Å². The Labute approximate surface area is 155 Å². The monoisotopic (exact) mass is 369 g/mol. The summed E-state index contributed by atoms with van der Waals surface area (Å²) in [5, 5.41) is 2.61. The third-order valence-electron chi connectivity index (χ3n) is 4.66. The fourth-order valence-electron chi connectivity index (χ4n) is 3.12. The normalized spacial score (nSPS) is 14.6. The van der Waals surface area contributed by atoms with Crippen LogP contribution in [0.3, 0.4) is 0 Å². The lowest BCUT2D eigenvalue weighted by atomic mass is 9.95. The van der Waals surface area contributed by atoms with Gasteiger partial charge in [-0.3, -0.25) is 19.0 Å². The van der Waals surface area contributed by atoms with Gasteiger partial charge in [-0.05, 0) is 37.1 Å². The summed E-state index contributed by atoms with van der Waals surface area (Å²) in [6.07, 6.45) is 3.85. The summed E-state index contributed by atoms with van der Waals surface area (Å²) in [5.74, 6) is -1.32. The molecule has 2 amide bonds. The number of amides is 2. The molecule has 7 heteroatoms. The Morgan fingerprint density at radius 1 is 1.19 bits per heavy atom. The average Bonchev–Trinajstić information content (AvgIpc) is 2.69. The molecular weight excluding hydrogens is 349 g/mol. The zero-order valence-electron chi connectivity index (χ0n) is 14.7. The van der Waals surface area contributed by atoms with Gasteiger partial charge in [-0.2, -0.15) is 0 Å². The lowest BCUT2D eigenvalue weighted by Crippen LogP contribution is -2.40. The van der Waals surface area contributed by atoms with Gasteiger partial charge in [0, 0.05) is 37.3 Å². The van der Waals surface area contributed by atoms with Crippen LogP contribution in [0.4, 0.5) is 10.1 Å². The van der Waals surface area contributed by atoms with Crippen LogP contribution in [0.25, 0.3) is 5.69 Å². The van der Waals surface area contributed by atoms with Gasteiger partial charge in [-0.1, -0.05) is 12.6 Å². The summed E-state index contributed by atoms with van der Waals surface area (Å²) < 4.78 is 15.7. The standard InChI is InChI=1S/C20H20FN3O3/c1-2-18(25)23-11-8-14(9-12-23)20(27)22-17-7-6-15(13-16(17)21)24-10-4-3-5-19(24)26/h2-7,10,13-14H,1,8-9,11-12H2,(H,22,27). The highest BCUT2D eigenvalue weighted by atomic mass is 19.1. The van der Waals surface area contributed by atoms with Crippen molar-refractivity contribution in [1.29, 1.82) is 0 Å². The molecule has 0 bridgehead atoms. The van der Waals surface area contributed by atoms with Gasteiger partial charge in [0.05, 0.1) is 11.4 Å². The van der Waals surface area contributed by atoms with Crippen LogP contribution in [-0.4, -0.2) is 34.4 Å². The molecule has 1 aromatic heterocycles. The molecule has 0 unspecified atom stereocenters. The number of nitrogens with zero attached hydrogens (tertiary/aromatic N) is 2. The Morgan fingerprint density at radius 2 is 1.93 bits per heavy atom. The Bertz CT molecular complexity index is 930. The van der Waals surface area contributed by atoms with E-state index in [0.717, 1.165) is 0 Å². The van der Waals surface area contributed by atoms with Crippen molar-refractivity contribution in [2.75, 3.05) is 18.4 Å². The molecule has 2 aromatic rings. The van der Waals surface area contributed by atoms with Crippen molar-refractivity contribution >= 4 is 17.5 Å². The zero-order valence-corrected chi connectivity index (χ0v) is 14.7. The summed E-state index contributed by atoms with van der Waals surface area (Å²) in [7, 11) is 0. The zero-order chi connectivity index (χ0) is 19.4. The molecule has 2 heterocycles. The third-order valence-corrected chi connectivity index (χ3v) is 4.66. The van der Waals surface area contributed by atoms with E-state index in [1.54, 1.807) is 29.3 Å². The molecule has 6 nitrogen and oxygen atoms in total. The quantitative estimate of drug-likeness (QED) is 0.841. The molecule has 1 aromatic carbocycles. The predicted octanol–water partition coefficient (Wildman–Crippen LogP) is 2.34. The Balaban J connectivity index is 1.67. The van der Waals surface area contributed by atoms with E-state index in [1.165, 1.54) is 28.8 Å². The maximum atomic E-state index is 14.4. The largest absolute Gasteiger partial charge is 0.339 e. The van der Waals surface area contributed by atoms with Crippen molar-refractivity contribution in [2.24, 2.45) is 5.92 Å². The van der Waals surface area contributed by atoms with E-state index >= 15 is 0 Å². The summed E-state index contributed by atoms with van der Waals surface area (Å²) in [5.41, 5.74) is 0.180. The van der Waals surface area contributed by atoms with Crippen molar-refractivity contribution in [3.05, 3.63) is 71.4 Å². The molecule has 1 fully saturated rings. The maximum absolute atomic E-state index is 14.4. The molecule has 27 heavy (non-hydrogen) atoms. The number of hydrogen-bond acceptors (Lipinski definition) is 3. The highest BCUT2D eigenvalue weighted by molar-refractivity contribution is 5.93. The molecule has 0 aliphatic carbocycles. The van der Waals surface area contributed by atoms with Gasteiger partial charge >= 0.3 is 0 Å². The summed E-state index contributed by atoms with van der Waals surface area (Å²) in [4.78, 5) is 37.5. The predicted molar refractivity (Wildman–Crippen MR) is 100 cm³/mol. The van der Waals surface area contributed by atoms with E-state index < -0.39 is 5.82 Å². The van der Waals surface area contributed by atoms with Gasteiger partial charge < -0.3 is 10.2 Å². The number of nitrogens with one attached hydrogen (secondary N) is 1. The number of pyridine rings is 1. The van der Waals surface area contributed by atoms with Crippen LogP contribution in [0.15, 0.2) is 60.0 Å². The molecule has 1 N–H and O–H groups in total. The van der Waals surface area contributed by atoms with E-state index in [1.807, 2.05) is 0 Å². The summed E-state index contributed by atoms with van der Waals surface area (Å²) in [6, 6.07) is 8.90. The van der Waals surface area contributed by atoms with Gasteiger partial charge in [0.1, 0.15) is 5.82 Å². The smallest absolute Gasteiger partial charge is 0.255 e. The highest BCUT2D eigenvalue weighted by Gasteiger charge is 2.27. The molecule has 1 aliphatic heterocycles. The van der Waals surface area contributed by atoms with Crippen molar-refractivity contribution in [2.45, 2.75) is 12.8 Å². The molecule has 0 spiro atoms. The number of halogens is 1. The first-order chi connectivity index (χ1) is 13.0. The lowest BCUT2D eigenvalue weighted by molar-refractivity contribution is -0.130. The van der Waals surface area contributed by atoms with Crippen LogP contribution >= 0.6 is 0 Å². The maximum Gasteiger partial charge on any atom is 0.255 e. The molecule has 140 valence electrons. The summed E-state index contributed by atoms with van der Waals surface area (Å²) in [6.45, 7) is 4.40. The van der Waals surface area contributed by atoms with E-state index in [4.69, 9.17) is 0 Å². The van der Waals surface area contributed by atoms with Crippen molar-refractivity contribution in [3.8, 4) is 5.69 Å². The van der Waals surface area contributed by atoms with Crippen molar-refractivity contribution < 1.29 is 14.0 Å². The number of aromatic nitrogens is 1. The third kappa shape index (κ3) is 4.13. The fourth-order valence-corrected chi connectivity index (χ4v) is 3.12. The lowest BCUT2D eigenvalue weighted by Gasteiger charge is -2.30. The Hall–Kier alpha value is -3.22. The first-order valence-corrected chi connectivity index (χ1v) is 8.69. The fraction of sp³-hybridized carbons (Fsp3) is 0.250. The van der Waals surface area contributed by atoms with E-state index in [0.29, 0.717) is 31.6 Å². The molecule has 0 atom stereocenters. The second kappa shape index (κ2) is 7.99. The first-order valence-electron chi connectivity index (χ1n) is 8.69. The second-order valence-electron chi connectivity index (χ2n) is 6.37.